The quantitative estimate of drug-likeness (QED) is 0.304. The highest BCUT2D eigenvalue weighted by molar-refractivity contribution is 6.05. The van der Waals surface area contributed by atoms with Gasteiger partial charge in [0.05, 0.1) is 23.4 Å². The number of benzene rings is 2. The van der Waals surface area contributed by atoms with Gasteiger partial charge in [-0.05, 0) is 47.4 Å². The van der Waals surface area contributed by atoms with Crippen LogP contribution in [0.25, 0.3) is 11.0 Å². The molecule has 0 fully saturated rings. The molecule has 0 aliphatic carbocycles. The summed E-state index contributed by atoms with van der Waals surface area (Å²) in [5.74, 6) is -1.46. The highest BCUT2D eigenvalue weighted by atomic mass is 16.4. The number of hydrogen-bond acceptors (Lipinski definition) is 6. The first-order chi connectivity index (χ1) is 15.8. The number of nitriles is 1. The van der Waals surface area contributed by atoms with Gasteiger partial charge >= 0.3 is 5.97 Å². The highest BCUT2D eigenvalue weighted by Gasteiger charge is 2.14. The van der Waals surface area contributed by atoms with E-state index in [-0.39, 0.29) is 23.6 Å². The highest BCUT2D eigenvalue weighted by Crippen LogP contribution is 2.21. The fourth-order valence-electron chi connectivity index (χ4n) is 3.53. The second-order valence-corrected chi connectivity index (χ2v) is 7.37. The molecule has 0 radical (unpaired) electrons. The average Bonchev–Trinajstić information content (AvgIpc) is 3.17. The Kier molecular flexibility index (Phi) is 5.61. The molecule has 2 heterocycles. The molecule has 4 rings (SSSR count). The summed E-state index contributed by atoms with van der Waals surface area (Å²) in [6.07, 6.45) is 1.84. The van der Waals surface area contributed by atoms with E-state index in [1.54, 1.807) is 30.5 Å². The van der Waals surface area contributed by atoms with Crippen LogP contribution < -0.4 is 16.6 Å². The van der Waals surface area contributed by atoms with Crippen molar-refractivity contribution in [1.29, 1.82) is 5.26 Å². The Morgan fingerprint density at radius 1 is 1.15 bits per heavy atom. The Morgan fingerprint density at radius 2 is 1.91 bits per heavy atom. The van der Waals surface area contributed by atoms with Crippen molar-refractivity contribution < 1.29 is 14.7 Å². The molecule has 0 bridgehead atoms. The first-order valence-electron chi connectivity index (χ1n) is 9.85. The fraction of sp³-hybridized carbons (Fsp3) is 0.0870. The molecule has 4 aromatic rings. The van der Waals surface area contributed by atoms with Gasteiger partial charge in [-0.3, -0.25) is 19.4 Å². The molecule has 0 aliphatic heterocycles. The molecule has 0 atom stereocenters. The topological polar surface area (TPSA) is 178 Å². The summed E-state index contributed by atoms with van der Waals surface area (Å²) in [7, 11) is 0. The van der Waals surface area contributed by atoms with Crippen LogP contribution in [0.15, 0.2) is 53.5 Å². The number of amides is 1. The van der Waals surface area contributed by atoms with Crippen LogP contribution in [0.3, 0.4) is 0 Å². The molecule has 0 spiro atoms. The largest absolute Gasteiger partial charge is 0.481 e. The predicted molar refractivity (Wildman–Crippen MR) is 121 cm³/mol. The fourth-order valence-corrected chi connectivity index (χ4v) is 3.53. The number of fused-ring (bicyclic) bond motifs is 1. The van der Waals surface area contributed by atoms with E-state index in [2.05, 4.69) is 20.3 Å². The molecular weight excluding hydrogens is 424 g/mol. The minimum Gasteiger partial charge on any atom is -0.481 e. The molecule has 0 unspecified atom stereocenters. The average molecular weight is 442 g/mol. The summed E-state index contributed by atoms with van der Waals surface area (Å²) in [4.78, 5) is 45.5. The van der Waals surface area contributed by atoms with Crippen molar-refractivity contribution in [3.8, 4) is 6.07 Å². The van der Waals surface area contributed by atoms with E-state index in [0.29, 0.717) is 34.1 Å². The van der Waals surface area contributed by atoms with Gasteiger partial charge in [0, 0.05) is 17.4 Å². The number of nitrogens with zero attached hydrogens (tertiary/aromatic N) is 2. The molecule has 0 aliphatic rings. The van der Waals surface area contributed by atoms with Crippen molar-refractivity contribution >= 4 is 34.5 Å². The maximum Gasteiger partial charge on any atom is 0.307 e. The Labute approximate surface area is 186 Å². The summed E-state index contributed by atoms with van der Waals surface area (Å²) in [5.41, 5.74) is 8.57. The number of nitrogens with one attached hydrogen (secondary N) is 3. The van der Waals surface area contributed by atoms with Crippen molar-refractivity contribution in [2.75, 3.05) is 11.1 Å². The van der Waals surface area contributed by atoms with Crippen LogP contribution in [0.4, 0.5) is 11.6 Å². The summed E-state index contributed by atoms with van der Waals surface area (Å²) in [6, 6.07) is 13.2. The van der Waals surface area contributed by atoms with Gasteiger partial charge in [-0.1, -0.05) is 18.2 Å². The van der Waals surface area contributed by atoms with Gasteiger partial charge in [-0.25, -0.2) is 0 Å². The Balaban J connectivity index is 1.54. The van der Waals surface area contributed by atoms with Gasteiger partial charge < -0.3 is 21.1 Å². The van der Waals surface area contributed by atoms with Gasteiger partial charge in [-0.15, -0.1) is 0 Å². The van der Waals surface area contributed by atoms with E-state index < -0.39 is 11.9 Å². The molecule has 33 heavy (non-hydrogen) atoms. The van der Waals surface area contributed by atoms with Crippen molar-refractivity contribution in [2.24, 2.45) is 0 Å². The molecule has 10 nitrogen and oxygen atoms in total. The number of carbonyl (C=O) groups excluding carboxylic acids is 1. The summed E-state index contributed by atoms with van der Waals surface area (Å²) in [5, 5.41) is 21.3. The Hall–Kier alpha value is -4.91. The SMILES string of the molecule is N#Cc1ccc(CC(=O)O)c(NC(=O)c2ccc(Cc3c[nH]c4nc(N)[nH]c(=O)c34)cc2)c1. The van der Waals surface area contributed by atoms with Crippen molar-refractivity contribution in [2.45, 2.75) is 12.8 Å². The van der Waals surface area contributed by atoms with Crippen LogP contribution in [0, 0.1) is 11.3 Å². The summed E-state index contributed by atoms with van der Waals surface area (Å²) < 4.78 is 0. The van der Waals surface area contributed by atoms with Crippen molar-refractivity contribution in [3.63, 3.8) is 0 Å². The minimum atomic E-state index is -1.05. The Morgan fingerprint density at radius 3 is 2.61 bits per heavy atom. The number of H-pyrrole nitrogens is 2. The first kappa shape index (κ1) is 21.3. The van der Waals surface area contributed by atoms with Gasteiger partial charge in [0.1, 0.15) is 5.65 Å². The first-order valence-corrected chi connectivity index (χ1v) is 9.85. The van der Waals surface area contributed by atoms with E-state index in [1.807, 2.05) is 6.07 Å². The molecule has 0 saturated carbocycles. The lowest BCUT2D eigenvalue weighted by Gasteiger charge is -2.11. The number of nitrogens with two attached hydrogens (primary N) is 1. The van der Waals surface area contributed by atoms with Crippen LogP contribution in [-0.4, -0.2) is 31.9 Å². The van der Waals surface area contributed by atoms with Gasteiger partial charge in [0.2, 0.25) is 5.95 Å². The molecule has 10 heteroatoms. The van der Waals surface area contributed by atoms with Crippen molar-refractivity contribution in [3.05, 3.63) is 86.8 Å². The number of carboxylic acid groups (broad SMARTS) is 1. The van der Waals surface area contributed by atoms with E-state index in [1.165, 1.54) is 18.2 Å². The van der Waals surface area contributed by atoms with Crippen LogP contribution in [0.2, 0.25) is 0 Å². The molecule has 164 valence electrons. The lowest BCUT2D eigenvalue weighted by Crippen LogP contribution is -2.15. The molecule has 1 amide bonds. The zero-order valence-electron chi connectivity index (χ0n) is 17.2. The van der Waals surface area contributed by atoms with Crippen LogP contribution in [0.5, 0.6) is 0 Å². The predicted octanol–water partition coefficient (Wildman–Crippen LogP) is 2.18. The molecule has 2 aromatic carbocycles. The third-order valence-electron chi connectivity index (χ3n) is 5.08. The minimum absolute atomic E-state index is 0.0306. The van der Waals surface area contributed by atoms with Gasteiger partial charge in [0.25, 0.3) is 11.5 Å². The number of carbonyl (C=O) groups is 2. The standard InChI is InChI=1S/C23H18N6O4/c24-10-13-3-6-15(9-18(30)31)17(8-13)27-21(32)14-4-1-12(2-5-14)7-16-11-26-20-19(16)22(33)29-23(25)28-20/h1-6,8,11H,7,9H2,(H,27,32)(H,30,31)(H4,25,26,28,29,33). The lowest BCUT2D eigenvalue weighted by molar-refractivity contribution is -0.136. The van der Waals surface area contributed by atoms with E-state index >= 15 is 0 Å². The number of hydrogen-bond donors (Lipinski definition) is 5. The zero-order valence-corrected chi connectivity index (χ0v) is 17.2. The Bertz CT molecular complexity index is 1480. The number of carboxylic acids is 1. The molecule has 6 N–H and O–H groups in total. The van der Waals surface area contributed by atoms with Crippen LogP contribution in [0.1, 0.15) is 32.6 Å². The third kappa shape index (κ3) is 4.57. The number of aliphatic carboxylic acids is 1. The van der Waals surface area contributed by atoms with E-state index in [4.69, 9.17) is 16.1 Å². The maximum absolute atomic E-state index is 12.7. The van der Waals surface area contributed by atoms with E-state index in [9.17, 15) is 14.4 Å². The lowest BCUT2D eigenvalue weighted by atomic mass is 10.0. The normalized spacial score (nSPS) is 10.6. The smallest absolute Gasteiger partial charge is 0.307 e. The number of anilines is 2. The monoisotopic (exact) mass is 442 g/mol. The second-order valence-electron chi connectivity index (χ2n) is 7.37. The maximum atomic E-state index is 12.7. The molecular formula is C23H18N6O4. The number of rotatable bonds is 6. The van der Waals surface area contributed by atoms with Gasteiger partial charge in [-0.2, -0.15) is 10.2 Å². The zero-order chi connectivity index (χ0) is 23.5. The molecule has 0 saturated heterocycles. The van der Waals surface area contributed by atoms with Crippen molar-refractivity contribution in [1.82, 2.24) is 15.0 Å². The second kappa shape index (κ2) is 8.68. The summed E-state index contributed by atoms with van der Waals surface area (Å²) >= 11 is 0. The number of aromatic amines is 2. The van der Waals surface area contributed by atoms with Gasteiger partial charge in [0.15, 0.2) is 0 Å². The number of aromatic nitrogens is 3. The molecule has 2 aromatic heterocycles. The third-order valence-corrected chi connectivity index (χ3v) is 5.08. The number of nitrogen functional groups attached to an aromatic ring is 1. The summed E-state index contributed by atoms with van der Waals surface area (Å²) in [6.45, 7) is 0. The van der Waals surface area contributed by atoms with Crippen LogP contribution >= 0.6 is 0 Å². The van der Waals surface area contributed by atoms with E-state index in [0.717, 1.165) is 11.1 Å². The van der Waals surface area contributed by atoms with Crippen LogP contribution in [-0.2, 0) is 17.6 Å².